The average molecular weight is 276 g/mol. The fourth-order valence-corrected chi connectivity index (χ4v) is 2.49. The predicted molar refractivity (Wildman–Crippen MR) is 77.3 cm³/mol. The highest BCUT2D eigenvalue weighted by atomic mass is 16.4. The molecule has 1 aromatic rings. The molecule has 0 saturated carbocycles. The molecule has 0 aliphatic carbocycles. The second-order valence-corrected chi connectivity index (χ2v) is 5.47. The first-order valence-electron chi connectivity index (χ1n) is 6.74. The zero-order valence-corrected chi connectivity index (χ0v) is 12.0. The zero-order valence-electron chi connectivity index (χ0n) is 12.0. The molecule has 0 radical (unpaired) electrons. The van der Waals surface area contributed by atoms with Gasteiger partial charge in [0, 0.05) is 17.3 Å². The van der Waals surface area contributed by atoms with Crippen molar-refractivity contribution in [1.29, 1.82) is 0 Å². The third kappa shape index (κ3) is 2.99. The van der Waals surface area contributed by atoms with E-state index in [0.717, 1.165) is 17.7 Å². The smallest absolute Gasteiger partial charge is 0.317 e. The Labute approximate surface area is 118 Å². The molecule has 5 nitrogen and oxygen atoms in total. The summed E-state index contributed by atoms with van der Waals surface area (Å²) in [6.45, 7) is 3.70. The summed E-state index contributed by atoms with van der Waals surface area (Å²) in [6.07, 6.45) is 0.912. The van der Waals surface area contributed by atoms with Gasteiger partial charge in [-0.2, -0.15) is 0 Å². The molecule has 2 rings (SSSR count). The molecule has 1 heterocycles. The molecule has 0 spiro atoms. The fraction of sp³-hybridized carbons (Fsp3) is 0.467. The Hall–Kier alpha value is -1.88. The number of hydrogen-bond acceptors (Lipinski definition) is 4. The summed E-state index contributed by atoms with van der Waals surface area (Å²) in [5, 5.41) is 12.1. The molecule has 5 heteroatoms. The number of hydrogen-bond donors (Lipinski definition) is 2. The molecule has 1 aliphatic rings. The molecule has 2 atom stereocenters. The SMILES string of the molecule is CC1Cc2cc(C(=O)C(C)N(C)CC(=O)O)ccc2N1. The topological polar surface area (TPSA) is 69.6 Å². The van der Waals surface area contributed by atoms with E-state index in [-0.39, 0.29) is 12.3 Å². The zero-order chi connectivity index (χ0) is 14.9. The molecular formula is C15H20N2O3. The van der Waals surface area contributed by atoms with Gasteiger partial charge in [0.1, 0.15) is 0 Å². The minimum absolute atomic E-state index is 0.0453. The molecule has 20 heavy (non-hydrogen) atoms. The van der Waals surface area contributed by atoms with Crippen LogP contribution in [-0.2, 0) is 11.2 Å². The van der Waals surface area contributed by atoms with E-state index in [0.29, 0.717) is 11.6 Å². The molecule has 2 N–H and O–H groups in total. The van der Waals surface area contributed by atoms with Crippen LogP contribution in [0.15, 0.2) is 18.2 Å². The lowest BCUT2D eigenvalue weighted by Crippen LogP contribution is -2.39. The van der Waals surface area contributed by atoms with Gasteiger partial charge in [-0.3, -0.25) is 14.5 Å². The molecule has 1 aliphatic heterocycles. The van der Waals surface area contributed by atoms with Gasteiger partial charge in [0.15, 0.2) is 5.78 Å². The fourth-order valence-electron chi connectivity index (χ4n) is 2.49. The van der Waals surface area contributed by atoms with E-state index in [4.69, 9.17) is 5.11 Å². The molecule has 0 amide bonds. The summed E-state index contributed by atoms with van der Waals surface area (Å²) >= 11 is 0. The van der Waals surface area contributed by atoms with E-state index in [2.05, 4.69) is 12.2 Å². The average Bonchev–Trinajstić information content (AvgIpc) is 2.75. The van der Waals surface area contributed by atoms with Crippen molar-refractivity contribution in [3.63, 3.8) is 0 Å². The van der Waals surface area contributed by atoms with E-state index in [1.54, 1.807) is 24.9 Å². The van der Waals surface area contributed by atoms with E-state index < -0.39 is 12.0 Å². The number of aliphatic carboxylic acids is 1. The monoisotopic (exact) mass is 276 g/mol. The Bertz CT molecular complexity index is 542. The van der Waals surface area contributed by atoms with Crippen molar-refractivity contribution in [2.45, 2.75) is 32.4 Å². The van der Waals surface area contributed by atoms with Crippen LogP contribution < -0.4 is 5.32 Å². The largest absolute Gasteiger partial charge is 0.480 e. The number of ketones is 1. The maximum absolute atomic E-state index is 12.4. The van der Waals surface area contributed by atoms with Gasteiger partial charge in [-0.25, -0.2) is 0 Å². The summed E-state index contributed by atoms with van der Waals surface area (Å²) in [5.74, 6) is -0.977. The third-order valence-corrected chi connectivity index (χ3v) is 3.74. The second-order valence-electron chi connectivity index (χ2n) is 5.47. The first-order chi connectivity index (χ1) is 9.38. The Morgan fingerprint density at radius 2 is 2.20 bits per heavy atom. The Morgan fingerprint density at radius 1 is 1.50 bits per heavy atom. The lowest BCUT2D eigenvalue weighted by molar-refractivity contribution is -0.138. The van der Waals surface area contributed by atoms with Crippen LogP contribution in [0.5, 0.6) is 0 Å². The Balaban J connectivity index is 2.14. The van der Waals surface area contributed by atoms with Gasteiger partial charge >= 0.3 is 5.97 Å². The summed E-state index contributed by atoms with van der Waals surface area (Å²) < 4.78 is 0. The quantitative estimate of drug-likeness (QED) is 0.800. The number of carbonyl (C=O) groups excluding carboxylic acids is 1. The van der Waals surface area contributed by atoms with E-state index in [9.17, 15) is 9.59 Å². The predicted octanol–water partition coefficient (Wildman–Crippen LogP) is 1.63. The van der Waals surface area contributed by atoms with Crippen LogP contribution in [0.1, 0.15) is 29.8 Å². The minimum Gasteiger partial charge on any atom is -0.480 e. The minimum atomic E-state index is -0.931. The molecule has 0 bridgehead atoms. The van der Waals surface area contributed by atoms with Crippen molar-refractivity contribution in [2.24, 2.45) is 0 Å². The molecule has 0 fully saturated rings. The number of nitrogens with one attached hydrogen (secondary N) is 1. The number of carboxylic acid groups (broad SMARTS) is 1. The lowest BCUT2D eigenvalue weighted by atomic mass is 10.0. The van der Waals surface area contributed by atoms with Crippen LogP contribution in [0.4, 0.5) is 5.69 Å². The number of likely N-dealkylation sites (N-methyl/N-ethyl adjacent to an activating group) is 1. The van der Waals surface area contributed by atoms with Crippen molar-refractivity contribution >= 4 is 17.4 Å². The van der Waals surface area contributed by atoms with Crippen LogP contribution >= 0.6 is 0 Å². The van der Waals surface area contributed by atoms with Gasteiger partial charge in [0.25, 0.3) is 0 Å². The lowest BCUT2D eigenvalue weighted by Gasteiger charge is -2.21. The second kappa shape index (κ2) is 5.63. The Morgan fingerprint density at radius 3 is 2.85 bits per heavy atom. The van der Waals surface area contributed by atoms with Crippen LogP contribution in [0, 0.1) is 0 Å². The number of carbonyl (C=O) groups is 2. The molecule has 2 unspecified atom stereocenters. The van der Waals surface area contributed by atoms with Gasteiger partial charge in [0.05, 0.1) is 12.6 Å². The van der Waals surface area contributed by atoms with Crippen LogP contribution in [-0.4, -0.2) is 47.4 Å². The summed E-state index contributed by atoms with van der Waals surface area (Å²) in [4.78, 5) is 24.6. The number of carboxylic acids is 1. The summed E-state index contributed by atoms with van der Waals surface area (Å²) in [6, 6.07) is 5.59. The number of fused-ring (bicyclic) bond motifs is 1. The van der Waals surface area contributed by atoms with Gasteiger partial charge in [0.2, 0.25) is 0 Å². The first-order valence-corrected chi connectivity index (χ1v) is 6.74. The maximum atomic E-state index is 12.4. The van der Waals surface area contributed by atoms with Gasteiger partial charge in [-0.1, -0.05) is 0 Å². The van der Waals surface area contributed by atoms with Crippen LogP contribution in [0.3, 0.4) is 0 Å². The highest BCUT2D eigenvalue weighted by Crippen LogP contribution is 2.27. The van der Waals surface area contributed by atoms with Crippen LogP contribution in [0.2, 0.25) is 0 Å². The van der Waals surface area contributed by atoms with Crippen molar-refractivity contribution in [1.82, 2.24) is 4.90 Å². The van der Waals surface area contributed by atoms with Crippen molar-refractivity contribution in [2.75, 3.05) is 18.9 Å². The Kier molecular flexibility index (Phi) is 4.09. The highest BCUT2D eigenvalue weighted by Gasteiger charge is 2.23. The number of benzene rings is 1. The van der Waals surface area contributed by atoms with Gasteiger partial charge < -0.3 is 10.4 Å². The van der Waals surface area contributed by atoms with Crippen molar-refractivity contribution in [3.05, 3.63) is 29.3 Å². The number of Topliss-reactive ketones (excluding diaryl/α,β-unsaturated/α-hetero) is 1. The molecule has 0 saturated heterocycles. The van der Waals surface area contributed by atoms with Crippen LogP contribution in [0.25, 0.3) is 0 Å². The van der Waals surface area contributed by atoms with Gasteiger partial charge in [-0.05, 0) is 51.1 Å². The van der Waals surface area contributed by atoms with Crippen molar-refractivity contribution in [3.8, 4) is 0 Å². The third-order valence-electron chi connectivity index (χ3n) is 3.74. The molecular weight excluding hydrogens is 256 g/mol. The normalized spacial score (nSPS) is 18.5. The standard InChI is InChI=1S/C15H20N2O3/c1-9-6-12-7-11(4-5-13(12)16-9)15(20)10(2)17(3)8-14(18)19/h4-5,7,9-10,16H,6,8H2,1-3H3,(H,18,19). The number of nitrogens with zero attached hydrogens (tertiary/aromatic N) is 1. The number of anilines is 1. The highest BCUT2D eigenvalue weighted by molar-refractivity contribution is 6.00. The van der Waals surface area contributed by atoms with Crippen molar-refractivity contribution < 1.29 is 14.7 Å². The van der Waals surface area contributed by atoms with E-state index in [1.165, 1.54) is 0 Å². The molecule has 1 aromatic carbocycles. The van der Waals surface area contributed by atoms with Gasteiger partial charge in [-0.15, -0.1) is 0 Å². The molecule has 108 valence electrons. The van der Waals surface area contributed by atoms with E-state index >= 15 is 0 Å². The first kappa shape index (κ1) is 14.5. The summed E-state index contributed by atoms with van der Waals surface area (Å²) in [7, 11) is 1.65. The molecule has 0 aromatic heterocycles. The summed E-state index contributed by atoms with van der Waals surface area (Å²) in [5.41, 5.74) is 2.88. The number of rotatable bonds is 5. The maximum Gasteiger partial charge on any atom is 0.317 e. The van der Waals surface area contributed by atoms with E-state index in [1.807, 2.05) is 12.1 Å².